The van der Waals surface area contributed by atoms with Crippen molar-refractivity contribution in [2.45, 2.75) is 10.1 Å². The Hall–Kier alpha value is -6.20. The maximum absolute atomic E-state index is 13.5. The van der Waals surface area contributed by atoms with Crippen molar-refractivity contribution in [2.24, 2.45) is 0 Å². The Bertz CT molecular complexity index is 1930. The van der Waals surface area contributed by atoms with Gasteiger partial charge in [-0.2, -0.15) is 0 Å². The Morgan fingerprint density at radius 2 is 1.33 bits per heavy atom. The molecule has 11 heteroatoms. The summed E-state index contributed by atoms with van der Waals surface area (Å²) in [4.78, 5) is 51.2. The highest BCUT2D eigenvalue weighted by molar-refractivity contribution is 8.00. The quantitative estimate of drug-likeness (QED) is 0.0546. The van der Waals surface area contributed by atoms with Gasteiger partial charge in [0.2, 0.25) is 5.91 Å². The topological polar surface area (TPSA) is 140 Å². The summed E-state index contributed by atoms with van der Waals surface area (Å²) in [7, 11) is 1.52. The molecule has 0 radical (unpaired) electrons. The zero-order valence-electron chi connectivity index (χ0n) is 25.7. The zero-order valence-corrected chi connectivity index (χ0v) is 26.5. The minimum atomic E-state index is -0.648. The number of amides is 3. The monoisotopic (exact) mass is 658 g/mol. The summed E-state index contributed by atoms with van der Waals surface area (Å²) in [6, 6.07) is 37.5. The number of hydrogen-bond donors (Lipinski definition) is 3. The molecule has 3 N–H and O–H groups in total. The molecule has 5 rings (SSSR count). The van der Waals surface area contributed by atoms with Gasteiger partial charge in [-0.1, -0.05) is 66.7 Å². The number of nitro groups is 1. The number of benzene rings is 5. The van der Waals surface area contributed by atoms with E-state index in [-0.39, 0.29) is 17.3 Å². The minimum absolute atomic E-state index is 0.0128. The molecule has 1 unspecified atom stereocenters. The van der Waals surface area contributed by atoms with Crippen LogP contribution in [-0.2, 0) is 9.59 Å². The van der Waals surface area contributed by atoms with E-state index >= 15 is 0 Å². The van der Waals surface area contributed by atoms with E-state index in [1.165, 1.54) is 43.1 Å². The predicted octanol–water partition coefficient (Wildman–Crippen LogP) is 7.49. The Morgan fingerprint density at radius 3 is 1.98 bits per heavy atom. The lowest BCUT2D eigenvalue weighted by molar-refractivity contribution is -0.384. The highest BCUT2D eigenvalue weighted by Crippen LogP contribution is 2.37. The first kappa shape index (κ1) is 33.2. The van der Waals surface area contributed by atoms with E-state index < -0.39 is 22.0 Å². The normalized spacial score (nSPS) is 11.6. The van der Waals surface area contributed by atoms with Gasteiger partial charge in [0, 0.05) is 39.5 Å². The van der Waals surface area contributed by atoms with Gasteiger partial charge in [-0.3, -0.25) is 24.5 Å². The van der Waals surface area contributed by atoms with Crippen LogP contribution in [-0.4, -0.2) is 29.8 Å². The molecular formula is C37H30N4O6S. The van der Waals surface area contributed by atoms with Crippen LogP contribution in [0.1, 0.15) is 26.7 Å². The van der Waals surface area contributed by atoms with Gasteiger partial charge in [0.1, 0.15) is 16.7 Å². The number of methoxy groups -OCH3 is 1. The number of carbonyl (C=O) groups excluding carboxylic acids is 3. The summed E-state index contributed by atoms with van der Waals surface area (Å²) in [5.74, 6) is -0.769. The highest BCUT2D eigenvalue weighted by atomic mass is 32.2. The molecule has 0 spiro atoms. The van der Waals surface area contributed by atoms with Gasteiger partial charge in [0.05, 0.1) is 12.0 Å². The summed E-state index contributed by atoms with van der Waals surface area (Å²) in [6.45, 7) is 0. The van der Waals surface area contributed by atoms with Crippen molar-refractivity contribution in [3.63, 3.8) is 0 Å². The molecule has 0 fully saturated rings. The van der Waals surface area contributed by atoms with Gasteiger partial charge in [0.25, 0.3) is 17.5 Å². The first-order chi connectivity index (χ1) is 23.3. The Kier molecular flexibility index (Phi) is 11.0. The molecule has 0 saturated carbocycles. The van der Waals surface area contributed by atoms with E-state index in [9.17, 15) is 24.5 Å². The smallest absolute Gasteiger partial charge is 0.272 e. The second-order valence-electron chi connectivity index (χ2n) is 10.3. The summed E-state index contributed by atoms with van der Waals surface area (Å²) < 4.78 is 5.43. The van der Waals surface area contributed by atoms with Crippen LogP contribution in [0, 0.1) is 10.1 Å². The molecule has 0 aliphatic heterocycles. The maximum atomic E-state index is 13.5. The lowest BCUT2D eigenvalue weighted by Gasteiger charge is -2.17. The predicted molar refractivity (Wildman–Crippen MR) is 187 cm³/mol. The molecule has 0 aromatic heterocycles. The molecule has 1 atom stereocenters. The van der Waals surface area contributed by atoms with Crippen molar-refractivity contribution in [1.82, 2.24) is 5.32 Å². The first-order valence-electron chi connectivity index (χ1n) is 14.7. The van der Waals surface area contributed by atoms with Gasteiger partial charge in [-0.05, 0) is 66.2 Å². The number of anilines is 2. The summed E-state index contributed by atoms with van der Waals surface area (Å²) in [6.07, 6.45) is 1.55. The van der Waals surface area contributed by atoms with Crippen molar-refractivity contribution in [3.8, 4) is 5.75 Å². The van der Waals surface area contributed by atoms with E-state index in [4.69, 9.17) is 4.74 Å². The van der Waals surface area contributed by atoms with Crippen LogP contribution in [0.2, 0.25) is 0 Å². The zero-order chi connectivity index (χ0) is 33.9. The van der Waals surface area contributed by atoms with Gasteiger partial charge < -0.3 is 20.7 Å². The molecule has 0 aliphatic rings. The van der Waals surface area contributed by atoms with Gasteiger partial charge in [0.15, 0.2) is 0 Å². The molecule has 0 saturated heterocycles. The Balaban J connectivity index is 1.33. The van der Waals surface area contributed by atoms with Crippen LogP contribution in [0.15, 0.2) is 144 Å². The van der Waals surface area contributed by atoms with Crippen molar-refractivity contribution in [3.05, 3.63) is 166 Å². The number of nitrogens with one attached hydrogen (secondary N) is 3. The average molecular weight is 659 g/mol. The van der Waals surface area contributed by atoms with Gasteiger partial charge >= 0.3 is 0 Å². The number of ether oxygens (including phenoxy) is 1. The number of carbonyl (C=O) groups is 3. The molecule has 0 heterocycles. The second kappa shape index (κ2) is 15.9. The molecular weight excluding hydrogens is 628 g/mol. The van der Waals surface area contributed by atoms with Crippen LogP contribution < -0.4 is 20.7 Å². The minimum Gasteiger partial charge on any atom is -0.496 e. The van der Waals surface area contributed by atoms with Crippen molar-refractivity contribution in [1.29, 1.82) is 0 Å². The fourth-order valence-corrected chi connectivity index (χ4v) is 5.63. The molecule has 240 valence electrons. The highest BCUT2D eigenvalue weighted by Gasteiger charge is 2.23. The number of rotatable bonds is 12. The lowest BCUT2D eigenvalue weighted by Crippen LogP contribution is -2.30. The third-order valence-electron chi connectivity index (χ3n) is 7.02. The standard InChI is InChI=1S/C37H30N4O6S/c1-47-33-15-9-8-14-27(33)24-32(40-35(42)26-12-6-3-7-13-26)36(43)38-29-18-22-31(23-19-29)48-34(25-10-4-2-5-11-25)37(44)39-28-16-20-30(21-17-28)41(45)46/h2-24,34H,1H3,(H,38,43)(H,39,44)(H,40,42)/b32-24-. The Morgan fingerprint density at radius 1 is 0.750 bits per heavy atom. The summed E-state index contributed by atoms with van der Waals surface area (Å²) in [5.41, 5.74) is 2.60. The fraction of sp³-hybridized carbons (Fsp3) is 0.0541. The van der Waals surface area contributed by atoms with Crippen LogP contribution in [0.3, 0.4) is 0 Å². The van der Waals surface area contributed by atoms with Crippen molar-refractivity contribution >= 4 is 52.6 Å². The van der Waals surface area contributed by atoms with E-state index in [1.54, 1.807) is 84.9 Å². The molecule has 0 bridgehead atoms. The number of nitro benzene ring substituents is 1. The third-order valence-corrected chi connectivity index (χ3v) is 8.29. The Labute approximate surface area is 281 Å². The molecule has 5 aromatic rings. The van der Waals surface area contributed by atoms with Crippen molar-refractivity contribution < 1.29 is 24.0 Å². The lowest BCUT2D eigenvalue weighted by atomic mass is 10.1. The van der Waals surface area contributed by atoms with E-state index in [1.807, 2.05) is 30.3 Å². The molecule has 3 amide bonds. The molecule has 48 heavy (non-hydrogen) atoms. The summed E-state index contributed by atoms with van der Waals surface area (Å²) >= 11 is 1.31. The molecule has 5 aromatic carbocycles. The van der Waals surface area contributed by atoms with Crippen LogP contribution in [0.4, 0.5) is 17.1 Å². The fourth-order valence-electron chi connectivity index (χ4n) is 4.61. The molecule has 0 aliphatic carbocycles. The molecule has 10 nitrogen and oxygen atoms in total. The SMILES string of the molecule is COc1ccccc1/C=C(\NC(=O)c1ccccc1)C(=O)Nc1ccc(SC(C(=O)Nc2ccc([N+](=O)[O-])cc2)c2ccccc2)cc1. The number of hydrogen-bond acceptors (Lipinski definition) is 7. The largest absolute Gasteiger partial charge is 0.496 e. The second-order valence-corrected chi connectivity index (χ2v) is 11.5. The van der Waals surface area contributed by atoms with E-state index in [0.717, 1.165) is 10.5 Å². The number of para-hydroxylation sites is 1. The number of nitrogens with zero attached hydrogens (tertiary/aromatic N) is 1. The summed E-state index contributed by atoms with van der Waals surface area (Å²) in [5, 5.41) is 18.8. The van der Waals surface area contributed by atoms with Crippen molar-refractivity contribution in [2.75, 3.05) is 17.7 Å². The number of thioether (sulfide) groups is 1. The van der Waals surface area contributed by atoms with E-state index in [2.05, 4.69) is 16.0 Å². The average Bonchev–Trinajstić information content (AvgIpc) is 3.12. The number of non-ortho nitro benzene ring substituents is 1. The van der Waals surface area contributed by atoms with Gasteiger partial charge in [-0.25, -0.2) is 0 Å². The first-order valence-corrected chi connectivity index (χ1v) is 15.6. The van der Waals surface area contributed by atoms with Crippen LogP contribution in [0.25, 0.3) is 6.08 Å². The van der Waals surface area contributed by atoms with E-state index in [0.29, 0.717) is 28.3 Å². The maximum Gasteiger partial charge on any atom is 0.272 e. The third kappa shape index (κ3) is 8.74. The van der Waals surface area contributed by atoms with Crippen LogP contribution >= 0.6 is 11.8 Å². The van der Waals surface area contributed by atoms with Crippen LogP contribution in [0.5, 0.6) is 5.75 Å². The van der Waals surface area contributed by atoms with Gasteiger partial charge in [-0.15, -0.1) is 11.8 Å².